The van der Waals surface area contributed by atoms with Gasteiger partial charge in [-0.25, -0.2) is 0 Å². The largest absolute Gasteiger partial charge is 0.463 e. The first-order valence-electron chi connectivity index (χ1n) is 8.06. The third-order valence-electron chi connectivity index (χ3n) is 4.87. The summed E-state index contributed by atoms with van der Waals surface area (Å²) in [4.78, 5) is 27.3. The molecule has 1 aromatic carbocycles. The van der Waals surface area contributed by atoms with Gasteiger partial charge in [0.25, 0.3) is 0 Å². The topological polar surface area (TPSA) is 55.8 Å². The minimum absolute atomic E-state index is 0.0838. The highest BCUT2D eigenvalue weighted by molar-refractivity contribution is 9.10. The van der Waals surface area contributed by atoms with Crippen LogP contribution in [0.5, 0.6) is 0 Å². The quantitative estimate of drug-likeness (QED) is 0.587. The van der Waals surface area contributed by atoms with Crippen LogP contribution in [0, 0.1) is 11.8 Å². The van der Waals surface area contributed by atoms with Crippen molar-refractivity contribution in [3.8, 4) is 0 Å². The number of rotatable bonds is 3. The van der Waals surface area contributed by atoms with Crippen molar-refractivity contribution in [2.24, 2.45) is 11.8 Å². The second kappa shape index (κ2) is 5.43. The molecule has 1 spiro atoms. The lowest BCUT2D eigenvalue weighted by Crippen LogP contribution is -2.40. The molecule has 4 rings (SSSR count). The SMILES string of the molecule is CC(C)OC(=O)[C@H]1[C@@H]2C=C[C@@]3(CN(c4ccccc4Br)C(=O)[C@H]13)O2. The first kappa shape index (κ1) is 15.8. The van der Waals surface area contributed by atoms with E-state index in [0.29, 0.717) is 6.54 Å². The molecule has 0 radical (unpaired) electrons. The molecular weight excluding hydrogens is 374 g/mol. The standard InChI is InChI=1S/C18H18BrNO4/c1-10(2)23-17(22)14-13-7-8-18(24-13)9-20(16(21)15(14)18)12-6-4-3-5-11(12)19/h3-8,10,13-15H,9H2,1-2H3/t13-,14-,15-,18-/m0/s1. The highest BCUT2D eigenvalue weighted by atomic mass is 79.9. The lowest BCUT2D eigenvalue weighted by Gasteiger charge is -2.23. The Morgan fingerprint density at radius 3 is 2.88 bits per heavy atom. The van der Waals surface area contributed by atoms with Gasteiger partial charge in [0.05, 0.1) is 30.4 Å². The van der Waals surface area contributed by atoms with E-state index in [-0.39, 0.29) is 24.1 Å². The van der Waals surface area contributed by atoms with Crippen LogP contribution in [0.2, 0.25) is 0 Å². The predicted octanol–water partition coefficient (Wildman–Crippen LogP) is 2.69. The number of carbonyl (C=O) groups is 2. The van der Waals surface area contributed by atoms with E-state index in [1.165, 1.54) is 0 Å². The van der Waals surface area contributed by atoms with Gasteiger partial charge in [-0.3, -0.25) is 9.59 Å². The molecule has 2 saturated heterocycles. The third kappa shape index (κ3) is 2.16. The van der Waals surface area contributed by atoms with E-state index < -0.39 is 17.4 Å². The average Bonchev–Trinajstić information content (AvgIpc) is 3.15. The van der Waals surface area contributed by atoms with Gasteiger partial charge in [0.2, 0.25) is 5.91 Å². The number of ether oxygens (including phenoxy) is 2. The van der Waals surface area contributed by atoms with E-state index in [1.54, 1.807) is 18.7 Å². The molecule has 6 heteroatoms. The van der Waals surface area contributed by atoms with E-state index >= 15 is 0 Å². The summed E-state index contributed by atoms with van der Waals surface area (Å²) in [5.41, 5.74) is 0.0697. The first-order chi connectivity index (χ1) is 11.4. The fourth-order valence-corrected chi connectivity index (χ4v) is 4.45. The Balaban J connectivity index is 1.69. The Labute approximate surface area is 148 Å². The molecule has 0 N–H and O–H groups in total. The van der Waals surface area contributed by atoms with E-state index in [2.05, 4.69) is 15.9 Å². The van der Waals surface area contributed by atoms with E-state index in [0.717, 1.165) is 10.2 Å². The second-order valence-corrected chi connectivity index (χ2v) is 7.62. The molecular formula is C18H18BrNO4. The van der Waals surface area contributed by atoms with Crippen molar-refractivity contribution in [2.75, 3.05) is 11.4 Å². The monoisotopic (exact) mass is 391 g/mol. The van der Waals surface area contributed by atoms with Crippen molar-refractivity contribution in [1.29, 1.82) is 0 Å². The number of fused-ring (bicyclic) bond motifs is 1. The van der Waals surface area contributed by atoms with Gasteiger partial charge in [-0.2, -0.15) is 0 Å². The summed E-state index contributed by atoms with van der Waals surface area (Å²) in [5, 5.41) is 0. The van der Waals surface area contributed by atoms with Crippen molar-refractivity contribution >= 4 is 33.5 Å². The second-order valence-electron chi connectivity index (χ2n) is 6.76. The maximum absolute atomic E-state index is 13.1. The van der Waals surface area contributed by atoms with Gasteiger partial charge in [0.1, 0.15) is 11.5 Å². The van der Waals surface area contributed by atoms with E-state index in [1.807, 2.05) is 36.4 Å². The molecule has 0 aromatic heterocycles. The van der Waals surface area contributed by atoms with Crippen LogP contribution in [0.3, 0.4) is 0 Å². The lowest BCUT2D eigenvalue weighted by molar-refractivity contribution is -0.156. The summed E-state index contributed by atoms with van der Waals surface area (Å²) in [7, 11) is 0. The van der Waals surface area contributed by atoms with Gasteiger partial charge in [-0.05, 0) is 41.9 Å². The number of hydrogen-bond acceptors (Lipinski definition) is 4. The summed E-state index contributed by atoms with van der Waals surface area (Å²) >= 11 is 3.50. The number of amides is 1. The van der Waals surface area contributed by atoms with Crippen molar-refractivity contribution < 1.29 is 19.1 Å². The Morgan fingerprint density at radius 1 is 1.42 bits per heavy atom. The summed E-state index contributed by atoms with van der Waals surface area (Å²) < 4.78 is 12.3. The van der Waals surface area contributed by atoms with Crippen molar-refractivity contribution in [1.82, 2.24) is 0 Å². The first-order valence-corrected chi connectivity index (χ1v) is 8.86. The van der Waals surface area contributed by atoms with Gasteiger partial charge in [-0.15, -0.1) is 0 Å². The zero-order chi connectivity index (χ0) is 17.1. The molecule has 0 saturated carbocycles. The fourth-order valence-electron chi connectivity index (χ4n) is 3.95. The lowest BCUT2D eigenvalue weighted by atomic mass is 9.77. The normalized spacial score (nSPS) is 33.4. The molecule has 1 amide bonds. The number of halogens is 1. The van der Waals surface area contributed by atoms with Crippen LogP contribution in [-0.4, -0.2) is 36.2 Å². The molecule has 4 atom stereocenters. The van der Waals surface area contributed by atoms with Gasteiger partial charge in [0, 0.05) is 4.47 Å². The van der Waals surface area contributed by atoms with Gasteiger partial charge in [-0.1, -0.05) is 24.3 Å². The molecule has 0 unspecified atom stereocenters. The third-order valence-corrected chi connectivity index (χ3v) is 5.54. The van der Waals surface area contributed by atoms with Crippen LogP contribution in [-0.2, 0) is 19.1 Å². The smallest absolute Gasteiger partial charge is 0.313 e. The molecule has 3 aliphatic heterocycles. The molecule has 5 nitrogen and oxygen atoms in total. The van der Waals surface area contributed by atoms with Crippen molar-refractivity contribution in [3.05, 3.63) is 40.9 Å². The van der Waals surface area contributed by atoms with Crippen molar-refractivity contribution in [3.63, 3.8) is 0 Å². The number of carbonyl (C=O) groups excluding carboxylic acids is 2. The number of benzene rings is 1. The highest BCUT2D eigenvalue weighted by Crippen LogP contribution is 2.53. The molecule has 2 fully saturated rings. The van der Waals surface area contributed by atoms with Crippen molar-refractivity contribution in [2.45, 2.75) is 31.7 Å². The van der Waals surface area contributed by atoms with Gasteiger partial charge >= 0.3 is 5.97 Å². The number of hydrogen-bond donors (Lipinski definition) is 0. The summed E-state index contributed by atoms with van der Waals surface area (Å²) in [6.07, 6.45) is 3.24. The Kier molecular flexibility index (Phi) is 3.58. The van der Waals surface area contributed by atoms with Crippen LogP contribution in [0.15, 0.2) is 40.9 Å². The Bertz CT molecular complexity index is 746. The Morgan fingerprint density at radius 2 is 2.17 bits per heavy atom. The fraction of sp³-hybridized carbons (Fsp3) is 0.444. The predicted molar refractivity (Wildman–Crippen MR) is 91.4 cm³/mol. The molecule has 3 heterocycles. The molecule has 2 bridgehead atoms. The molecule has 126 valence electrons. The maximum atomic E-state index is 13.1. The summed E-state index contributed by atoms with van der Waals surface area (Å²) in [6.45, 7) is 4.03. The number of nitrogens with zero attached hydrogens (tertiary/aromatic N) is 1. The summed E-state index contributed by atoms with van der Waals surface area (Å²) in [6, 6.07) is 7.57. The van der Waals surface area contributed by atoms with Crippen LogP contribution >= 0.6 is 15.9 Å². The maximum Gasteiger partial charge on any atom is 0.313 e. The Hall–Kier alpha value is -1.66. The molecule has 0 aliphatic carbocycles. The minimum Gasteiger partial charge on any atom is -0.463 e. The van der Waals surface area contributed by atoms with Crippen LogP contribution in [0.1, 0.15) is 13.8 Å². The van der Waals surface area contributed by atoms with Gasteiger partial charge < -0.3 is 14.4 Å². The number of esters is 1. The minimum atomic E-state index is -0.725. The summed E-state index contributed by atoms with van der Waals surface area (Å²) in [5.74, 6) is -1.53. The average molecular weight is 392 g/mol. The number of para-hydroxylation sites is 1. The molecule has 3 aliphatic rings. The zero-order valence-electron chi connectivity index (χ0n) is 13.4. The van der Waals surface area contributed by atoms with Gasteiger partial charge in [0.15, 0.2) is 0 Å². The van der Waals surface area contributed by atoms with E-state index in [4.69, 9.17) is 9.47 Å². The molecule has 1 aromatic rings. The van der Waals surface area contributed by atoms with Crippen LogP contribution in [0.25, 0.3) is 0 Å². The van der Waals surface area contributed by atoms with E-state index in [9.17, 15) is 9.59 Å². The zero-order valence-corrected chi connectivity index (χ0v) is 15.0. The molecule has 24 heavy (non-hydrogen) atoms. The van der Waals surface area contributed by atoms with Crippen LogP contribution in [0.4, 0.5) is 5.69 Å². The van der Waals surface area contributed by atoms with Crippen LogP contribution < -0.4 is 4.90 Å². The highest BCUT2D eigenvalue weighted by Gasteiger charge is 2.67. The number of anilines is 1.